The molecule has 0 saturated carbocycles. The summed E-state index contributed by atoms with van der Waals surface area (Å²) in [5.41, 5.74) is 8.46. The highest BCUT2D eigenvalue weighted by Gasteiger charge is 2.39. The summed E-state index contributed by atoms with van der Waals surface area (Å²) < 4.78 is 13.4. The molecule has 114 valence electrons. The number of imidazole rings is 1. The van der Waals surface area contributed by atoms with Gasteiger partial charge in [0.15, 0.2) is 17.8 Å². The minimum Gasteiger partial charge on any atom is -0.382 e. The Bertz CT molecular complexity index is 753. The Kier molecular flexibility index (Phi) is 3.16. The van der Waals surface area contributed by atoms with E-state index in [-0.39, 0.29) is 12.3 Å². The molecule has 2 aromatic heterocycles. The summed E-state index contributed by atoms with van der Waals surface area (Å²) in [6, 6.07) is 0.193. The molecule has 1 fully saturated rings. The van der Waals surface area contributed by atoms with Gasteiger partial charge in [-0.25, -0.2) is 15.0 Å². The highest BCUT2D eigenvalue weighted by molar-refractivity contribution is 5.81. The first kappa shape index (κ1) is 13.4. The molecule has 3 atom stereocenters. The van der Waals surface area contributed by atoms with Crippen molar-refractivity contribution in [3.8, 4) is 0 Å². The maximum absolute atomic E-state index is 5.85. The van der Waals surface area contributed by atoms with Crippen LogP contribution in [-0.4, -0.2) is 39.0 Å². The first-order chi connectivity index (χ1) is 10.8. The van der Waals surface area contributed by atoms with Crippen molar-refractivity contribution in [3.05, 3.63) is 37.0 Å². The van der Waals surface area contributed by atoms with Gasteiger partial charge >= 0.3 is 0 Å². The van der Waals surface area contributed by atoms with E-state index in [9.17, 15) is 0 Å². The monoisotopic (exact) mass is 299 g/mol. The number of hydrogen-bond acceptors (Lipinski definition) is 6. The van der Waals surface area contributed by atoms with Crippen LogP contribution in [0.1, 0.15) is 12.5 Å². The molecule has 1 aliphatic carbocycles. The Morgan fingerprint density at radius 3 is 3.23 bits per heavy atom. The zero-order valence-corrected chi connectivity index (χ0v) is 12.1. The Balaban J connectivity index is 1.65. The second kappa shape index (κ2) is 5.19. The number of rotatable bonds is 4. The molecule has 0 spiro atoms. The molecule has 0 amide bonds. The van der Waals surface area contributed by atoms with Gasteiger partial charge in [-0.05, 0) is 12.0 Å². The van der Waals surface area contributed by atoms with E-state index < -0.39 is 0 Å². The lowest BCUT2D eigenvalue weighted by atomic mass is 10.0. The van der Waals surface area contributed by atoms with E-state index in [1.165, 1.54) is 11.9 Å². The van der Waals surface area contributed by atoms with Crippen LogP contribution in [0, 0.1) is 5.92 Å². The number of hydrogen-bond donors (Lipinski definition) is 1. The lowest BCUT2D eigenvalue weighted by molar-refractivity contribution is -0.0847. The average Bonchev–Trinajstić information content (AvgIpc) is 3.19. The van der Waals surface area contributed by atoms with Crippen LogP contribution in [-0.2, 0) is 9.47 Å². The van der Waals surface area contributed by atoms with Crippen molar-refractivity contribution in [2.45, 2.75) is 18.8 Å². The summed E-state index contributed by atoms with van der Waals surface area (Å²) in [6.45, 7) is 4.84. The third-order valence-corrected chi connectivity index (χ3v) is 4.21. The molecule has 1 saturated heterocycles. The summed E-state index contributed by atoms with van der Waals surface area (Å²) >= 11 is 0. The lowest BCUT2D eigenvalue weighted by Crippen LogP contribution is -2.13. The number of nitrogens with zero attached hydrogens (tertiary/aromatic N) is 4. The van der Waals surface area contributed by atoms with E-state index in [4.69, 9.17) is 15.2 Å². The zero-order valence-electron chi connectivity index (χ0n) is 12.1. The topological polar surface area (TPSA) is 88.1 Å². The van der Waals surface area contributed by atoms with Gasteiger partial charge in [0.25, 0.3) is 0 Å². The van der Waals surface area contributed by atoms with Crippen LogP contribution in [0.2, 0.25) is 0 Å². The molecular weight excluding hydrogens is 282 g/mol. The van der Waals surface area contributed by atoms with Gasteiger partial charge in [-0.2, -0.15) is 0 Å². The van der Waals surface area contributed by atoms with Crippen molar-refractivity contribution in [2.24, 2.45) is 5.92 Å². The van der Waals surface area contributed by atoms with Gasteiger partial charge < -0.3 is 19.8 Å². The smallest absolute Gasteiger partial charge is 0.180 e. The molecule has 0 unspecified atom stereocenters. The van der Waals surface area contributed by atoms with Crippen LogP contribution in [0.15, 0.2) is 37.0 Å². The summed E-state index contributed by atoms with van der Waals surface area (Å²) in [5, 5.41) is 0. The van der Waals surface area contributed by atoms with Crippen molar-refractivity contribution in [3.63, 3.8) is 0 Å². The van der Waals surface area contributed by atoms with Crippen molar-refractivity contribution in [2.75, 3.05) is 18.9 Å². The van der Waals surface area contributed by atoms with E-state index in [0.717, 1.165) is 12.1 Å². The Morgan fingerprint density at radius 2 is 2.36 bits per heavy atom. The molecule has 7 heteroatoms. The fraction of sp³-hybridized carbons (Fsp3) is 0.400. The second-order valence-corrected chi connectivity index (χ2v) is 5.54. The van der Waals surface area contributed by atoms with Crippen LogP contribution in [0.3, 0.4) is 0 Å². The Morgan fingerprint density at radius 1 is 1.45 bits per heavy atom. The van der Waals surface area contributed by atoms with E-state index in [2.05, 4.69) is 27.6 Å². The molecule has 3 heterocycles. The first-order valence-corrected chi connectivity index (χ1v) is 7.26. The number of ether oxygens (including phenoxy) is 2. The summed E-state index contributed by atoms with van der Waals surface area (Å²) in [7, 11) is 0. The van der Waals surface area contributed by atoms with Crippen LogP contribution in [0.4, 0.5) is 5.82 Å². The quantitative estimate of drug-likeness (QED) is 0.860. The summed E-state index contributed by atoms with van der Waals surface area (Å²) in [6.07, 6.45) is 7.87. The molecule has 7 nitrogen and oxygen atoms in total. The Labute approximate surface area is 127 Å². The third-order valence-electron chi connectivity index (χ3n) is 4.21. The Hall–Kier alpha value is -2.25. The largest absolute Gasteiger partial charge is 0.382 e. The normalized spacial score (nSPS) is 27.1. The second-order valence-electron chi connectivity index (χ2n) is 5.54. The predicted octanol–water partition coefficient (Wildman–Crippen LogP) is 1.45. The average molecular weight is 299 g/mol. The van der Waals surface area contributed by atoms with Gasteiger partial charge in [0.2, 0.25) is 0 Å². The van der Waals surface area contributed by atoms with Crippen molar-refractivity contribution in [1.82, 2.24) is 19.5 Å². The van der Waals surface area contributed by atoms with Crippen LogP contribution >= 0.6 is 0 Å². The van der Waals surface area contributed by atoms with Crippen molar-refractivity contribution < 1.29 is 9.47 Å². The first-order valence-electron chi connectivity index (χ1n) is 7.26. The number of anilines is 1. The molecule has 0 bridgehead atoms. The molecular formula is C15H17N5O2. The number of aromatic nitrogens is 4. The SMILES string of the molecule is C=CCO[C@@H]1OC[C@H]2C[C@@H](n3cnc4c(N)ncnc43)C=C21. The fourth-order valence-corrected chi connectivity index (χ4v) is 3.20. The molecule has 1 aliphatic heterocycles. The standard InChI is InChI=1S/C15H17N5O2/c1-2-3-21-15-11-5-10(4-9(11)6-22-15)20-8-19-12-13(16)17-7-18-14(12)20/h2,5,7-10,15H,1,3-4,6H2,(H2,16,17,18)/t9-,10-,15-/m1/s1. The van der Waals surface area contributed by atoms with Gasteiger partial charge in [0, 0.05) is 5.92 Å². The van der Waals surface area contributed by atoms with E-state index in [1.807, 2.05) is 4.57 Å². The maximum Gasteiger partial charge on any atom is 0.180 e. The lowest BCUT2D eigenvalue weighted by Gasteiger charge is -2.13. The molecule has 4 rings (SSSR count). The van der Waals surface area contributed by atoms with Gasteiger partial charge in [-0.1, -0.05) is 12.2 Å². The number of fused-ring (bicyclic) bond motifs is 2. The van der Waals surface area contributed by atoms with Gasteiger partial charge in [0.05, 0.1) is 25.6 Å². The molecule has 0 radical (unpaired) electrons. The van der Waals surface area contributed by atoms with Gasteiger partial charge in [0.1, 0.15) is 11.8 Å². The molecule has 22 heavy (non-hydrogen) atoms. The van der Waals surface area contributed by atoms with Crippen molar-refractivity contribution >= 4 is 17.0 Å². The zero-order chi connectivity index (χ0) is 15.1. The maximum atomic E-state index is 5.85. The third kappa shape index (κ3) is 2.01. The van der Waals surface area contributed by atoms with Crippen LogP contribution in [0.25, 0.3) is 11.2 Å². The molecule has 2 N–H and O–H groups in total. The minimum atomic E-state index is -0.262. The van der Waals surface area contributed by atoms with E-state index >= 15 is 0 Å². The minimum absolute atomic E-state index is 0.193. The number of nitrogen functional groups attached to an aromatic ring is 1. The van der Waals surface area contributed by atoms with E-state index in [1.54, 1.807) is 12.4 Å². The number of nitrogens with two attached hydrogens (primary N) is 1. The highest BCUT2D eigenvalue weighted by atomic mass is 16.7. The molecule has 2 aromatic rings. The summed E-state index contributed by atoms with van der Waals surface area (Å²) in [4.78, 5) is 12.6. The predicted molar refractivity (Wildman–Crippen MR) is 80.9 cm³/mol. The van der Waals surface area contributed by atoms with Gasteiger partial charge in [-0.3, -0.25) is 0 Å². The molecule has 2 aliphatic rings. The highest BCUT2D eigenvalue weighted by Crippen LogP contribution is 2.42. The molecule has 0 aromatic carbocycles. The van der Waals surface area contributed by atoms with E-state index in [0.29, 0.717) is 30.5 Å². The van der Waals surface area contributed by atoms with Crippen molar-refractivity contribution in [1.29, 1.82) is 0 Å². The van der Waals surface area contributed by atoms with Crippen LogP contribution < -0.4 is 5.73 Å². The van der Waals surface area contributed by atoms with Crippen LogP contribution in [0.5, 0.6) is 0 Å². The summed E-state index contributed by atoms with van der Waals surface area (Å²) in [5.74, 6) is 0.793. The van der Waals surface area contributed by atoms with Gasteiger partial charge in [-0.15, -0.1) is 6.58 Å². The fourth-order valence-electron chi connectivity index (χ4n) is 3.20. The number of allylic oxidation sites excluding steroid dienone is 1.